The van der Waals surface area contributed by atoms with Crippen molar-refractivity contribution < 1.29 is 4.79 Å². The quantitative estimate of drug-likeness (QED) is 0.507. The van der Waals surface area contributed by atoms with Crippen LogP contribution >= 0.6 is 0 Å². The van der Waals surface area contributed by atoms with Gasteiger partial charge in [-0.15, -0.1) is 0 Å². The van der Waals surface area contributed by atoms with Crippen LogP contribution in [-0.2, 0) is 4.79 Å². The first-order chi connectivity index (χ1) is 3.41. The SMILES string of the molecule is CCNCC[C]=O. The van der Waals surface area contributed by atoms with Crippen LogP contribution in [-0.4, -0.2) is 19.4 Å². The van der Waals surface area contributed by atoms with Gasteiger partial charge >= 0.3 is 0 Å². The summed E-state index contributed by atoms with van der Waals surface area (Å²) in [5, 5.41) is 2.99. The molecule has 0 aromatic rings. The molecule has 2 heteroatoms. The fraction of sp³-hybridized carbons (Fsp3) is 0.800. The molecule has 0 saturated carbocycles. The average molecular weight is 100 g/mol. The molecule has 0 spiro atoms. The summed E-state index contributed by atoms with van der Waals surface area (Å²) in [6, 6.07) is 0. The van der Waals surface area contributed by atoms with E-state index in [-0.39, 0.29) is 0 Å². The molecule has 0 aliphatic heterocycles. The lowest BCUT2D eigenvalue weighted by Gasteiger charge is -1.90. The molecule has 0 heterocycles. The van der Waals surface area contributed by atoms with E-state index in [1.807, 2.05) is 6.92 Å². The topological polar surface area (TPSA) is 29.1 Å². The van der Waals surface area contributed by atoms with Crippen LogP contribution in [0.25, 0.3) is 0 Å². The Balaban J connectivity index is 2.56. The molecule has 41 valence electrons. The van der Waals surface area contributed by atoms with Crippen LogP contribution < -0.4 is 5.32 Å². The lowest BCUT2D eigenvalue weighted by molar-refractivity contribution is 0.548. The van der Waals surface area contributed by atoms with Crippen molar-refractivity contribution in [2.24, 2.45) is 0 Å². The second-order valence-electron chi connectivity index (χ2n) is 1.25. The highest BCUT2D eigenvalue weighted by Gasteiger charge is 1.78. The molecule has 1 N–H and O–H groups in total. The molecule has 0 fully saturated rings. The summed E-state index contributed by atoms with van der Waals surface area (Å²) in [6.45, 7) is 3.70. The fourth-order valence-corrected chi connectivity index (χ4v) is 0.316. The second kappa shape index (κ2) is 5.63. The maximum absolute atomic E-state index is 9.51. The van der Waals surface area contributed by atoms with E-state index in [0.29, 0.717) is 6.42 Å². The van der Waals surface area contributed by atoms with Gasteiger partial charge < -0.3 is 5.32 Å². The summed E-state index contributed by atoms with van der Waals surface area (Å²) in [6.07, 6.45) is 2.30. The summed E-state index contributed by atoms with van der Waals surface area (Å²) >= 11 is 0. The van der Waals surface area contributed by atoms with Gasteiger partial charge in [0, 0.05) is 13.0 Å². The Labute approximate surface area is 43.9 Å². The van der Waals surface area contributed by atoms with Crippen LogP contribution in [0.15, 0.2) is 0 Å². The first kappa shape index (κ1) is 6.63. The predicted octanol–water partition coefficient (Wildman–Crippen LogP) is 0.0957. The zero-order valence-electron chi connectivity index (χ0n) is 4.53. The smallest absolute Gasteiger partial charge is 0.199 e. The molecule has 0 aliphatic carbocycles. The van der Waals surface area contributed by atoms with Gasteiger partial charge in [0.25, 0.3) is 0 Å². The highest BCUT2D eigenvalue weighted by atomic mass is 16.1. The largest absolute Gasteiger partial charge is 0.317 e. The van der Waals surface area contributed by atoms with E-state index < -0.39 is 0 Å². The summed E-state index contributed by atoms with van der Waals surface area (Å²) in [7, 11) is 0. The Morgan fingerprint density at radius 1 is 1.71 bits per heavy atom. The van der Waals surface area contributed by atoms with Gasteiger partial charge in [0.2, 0.25) is 0 Å². The first-order valence-electron chi connectivity index (χ1n) is 2.47. The minimum absolute atomic E-state index is 0.508. The predicted molar refractivity (Wildman–Crippen MR) is 28.9 cm³/mol. The highest BCUT2D eigenvalue weighted by molar-refractivity contribution is 5.50. The third kappa shape index (κ3) is 5.63. The van der Waals surface area contributed by atoms with Crippen molar-refractivity contribution in [3.8, 4) is 0 Å². The maximum Gasteiger partial charge on any atom is 0.199 e. The fourth-order valence-electron chi connectivity index (χ4n) is 0.316. The Morgan fingerprint density at radius 3 is 2.86 bits per heavy atom. The van der Waals surface area contributed by atoms with Crippen LogP contribution in [0.4, 0.5) is 0 Å². The number of carbonyl (C=O) groups excluding carboxylic acids is 1. The van der Waals surface area contributed by atoms with Gasteiger partial charge in [0.15, 0.2) is 6.29 Å². The monoisotopic (exact) mass is 100 g/mol. The Morgan fingerprint density at radius 2 is 2.43 bits per heavy atom. The molecule has 0 aromatic carbocycles. The maximum atomic E-state index is 9.51. The van der Waals surface area contributed by atoms with Gasteiger partial charge in [0.05, 0.1) is 0 Å². The molecule has 7 heavy (non-hydrogen) atoms. The van der Waals surface area contributed by atoms with E-state index in [4.69, 9.17) is 0 Å². The van der Waals surface area contributed by atoms with Gasteiger partial charge in [-0.3, -0.25) is 4.79 Å². The number of nitrogens with one attached hydrogen (secondary N) is 1. The normalized spacial score (nSPS) is 8.71. The van der Waals surface area contributed by atoms with E-state index in [1.54, 1.807) is 6.29 Å². The third-order valence-electron chi connectivity index (χ3n) is 0.654. The summed E-state index contributed by atoms with van der Waals surface area (Å²) in [5.74, 6) is 0. The molecule has 0 saturated heterocycles. The second-order valence-corrected chi connectivity index (χ2v) is 1.25. The molecule has 0 rings (SSSR count). The molecular formula is C5H10NO. The number of rotatable bonds is 4. The van der Waals surface area contributed by atoms with Crippen molar-refractivity contribution in [3.05, 3.63) is 0 Å². The molecular weight excluding hydrogens is 90.1 g/mol. The van der Waals surface area contributed by atoms with E-state index in [9.17, 15) is 4.79 Å². The van der Waals surface area contributed by atoms with Crippen molar-refractivity contribution in [3.63, 3.8) is 0 Å². The highest BCUT2D eigenvalue weighted by Crippen LogP contribution is 1.63. The minimum Gasteiger partial charge on any atom is -0.317 e. The number of hydrogen-bond acceptors (Lipinski definition) is 2. The van der Waals surface area contributed by atoms with Crippen molar-refractivity contribution in [1.82, 2.24) is 5.32 Å². The van der Waals surface area contributed by atoms with Gasteiger partial charge in [0.1, 0.15) is 0 Å². The van der Waals surface area contributed by atoms with E-state index in [2.05, 4.69) is 5.32 Å². The van der Waals surface area contributed by atoms with Crippen LogP contribution in [0.3, 0.4) is 0 Å². The van der Waals surface area contributed by atoms with Gasteiger partial charge in [-0.2, -0.15) is 0 Å². The molecule has 1 radical (unpaired) electrons. The van der Waals surface area contributed by atoms with Crippen LogP contribution in [0.1, 0.15) is 13.3 Å². The van der Waals surface area contributed by atoms with Gasteiger partial charge in [-0.1, -0.05) is 6.92 Å². The standard InChI is InChI=1S/C5H10NO/c1-2-6-4-3-5-7/h6H,2-4H2,1H3. The Bertz CT molecular complexity index is 45.3. The number of hydrogen-bond donors (Lipinski definition) is 1. The molecule has 2 nitrogen and oxygen atoms in total. The summed E-state index contributed by atoms with van der Waals surface area (Å²) in [4.78, 5) is 9.51. The van der Waals surface area contributed by atoms with E-state index in [1.165, 1.54) is 0 Å². The molecule has 0 bridgehead atoms. The first-order valence-corrected chi connectivity index (χ1v) is 2.47. The van der Waals surface area contributed by atoms with Gasteiger partial charge in [-0.05, 0) is 6.54 Å². The van der Waals surface area contributed by atoms with Crippen molar-refractivity contribution in [1.29, 1.82) is 0 Å². The van der Waals surface area contributed by atoms with Gasteiger partial charge in [-0.25, -0.2) is 0 Å². The molecule has 0 unspecified atom stereocenters. The van der Waals surface area contributed by atoms with Crippen LogP contribution in [0.5, 0.6) is 0 Å². The summed E-state index contributed by atoms with van der Waals surface area (Å²) < 4.78 is 0. The average Bonchev–Trinajstić information content (AvgIpc) is 1.69. The summed E-state index contributed by atoms with van der Waals surface area (Å²) in [5.41, 5.74) is 0. The van der Waals surface area contributed by atoms with Crippen molar-refractivity contribution in [2.45, 2.75) is 13.3 Å². The minimum atomic E-state index is 0.508. The zero-order valence-corrected chi connectivity index (χ0v) is 4.53. The lowest BCUT2D eigenvalue weighted by Crippen LogP contribution is -2.13. The van der Waals surface area contributed by atoms with Crippen molar-refractivity contribution >= 4 is 6.29 Å². The molecule has 0 aliphatic rings. The lowest BCUT2D eigenvalue weighted by atomic mass is 10.5. The molecule has 0 aromatic heterocycles. The van der Waals surface area contributed by atoms with Crippen LogP contribution in [0, 0.1) is 0 Å². The molecule has 0 amide bonds. The Kier molecular flexibility index (Phi) is 5.33. The third-order valence-corrected chi connectivity index (χ3v) is 0.654. The van der Waals surface area contributed by atoms with E-state index >= 15 is 0 Å². The van der Waals surface area contributed by atoms with Crippen LogP contribution in [0.2, 0.25) is 0 Å². The molecule has 0 atom stereocenters. The van der Waals surface area contributed by atoms with E-state index in [0.717, 1.165) is 13.1 Å². The van der Waals surface area contributed by atoms with Crippen molar-refractivity contribution in [2.75, 3.05) is 13.1 Å². The zero-order chi connectivity index (χ0) is 5.54. The Hall–Kier alpha value is -0.370.